The van der Waals surface area contributed by atoms with E-state index in [0.29, 0.717) is 12.2 Å². The fourth-order valence-corrected chi connectivity index (χ4v) is 10.3. The van der Waals surface area contributed by atoms with E-state index in [9.17, 15) is 57.9 Å². The summed E-state index contributed by atoms with van der Waals surface area (Å²) >= 11 is 1.15. The van der Waals surface area contributed by atoms with E-state index in [-0.39, 0.29) is 41.6 Å². The van der Waals surface area contributed by atoms with Gasteiger partial charge in [0.1, 0.15) is 36.3 Å². The molecule has 0 saturated carbocycles. The van der Waals surface area contributed by atoms with Crippen molar-refractivity contribution in [2.75, 3.05) is 37.8 Å². The van der Waals surface area contributed by atoms with E-state index in [0.717, 1.165) is 54.2 Å². The second-order valence-corrected chi connectivity index (χ2v) is 22.3. The molecule has 1 fully saturated rings. The molecule has 10 N–H and O–H groups in total. The zero-order valence-corrected chi connectivity index (χ0v) is 41.3. The highest BCUT2D eigenvalue weighted by Crippen LogP contribution is 2.61. The highest BCUT2D eigenvalue weighted by atomic mass is 32.2. The van der Waals surface area contributed by atoms with Crippen molar-refractivity contribution in [1.29, 1.82) is 0 Å². The summed E-state index contributed by atoms with van der Waals surface area (Å²) in [6.07, 6.45) is 8.11. The lowest BCUT2D eigenvalue weighted by Crippen LogP contribution is -2.46. The number of aliphatic hydroxyl groups is 2. The lowest BCUT2D eigenvalue weighted by Gasteiger charge is -2.30. The molecule has 28 heteroatoms. The van der Waals surface area contributed by atoms with Gasteiger partial charge >= 0.3 is 23.5 Å². The van der Waals surface area contributed by atoms with Crippen molar-refractivity contribution in [3.05, 3.63) is 12.7 Å². The number of ether oxygens (including phenoxy) is 1. The van der Waals surface area contributed by atoms with Gasteiger partial charge in [-0.2, -0.15) is 4.31 Å². The average Bonchev–Trinajstić information content (AvgIpc) is 3.80. The van der Waals surface area contributed by atoms with Gasteiger partial charge in [0.25, 0.3) is 0 Å². The van der Waals surface area contributed by atoms with Crippen LogP contribution in [0.4, 0.5) is 5.82 Å². The number of nitrogen functional groups attached to an aromatic ring is 1. The van der Waals surface area contributed by atoms with Crippen molar-refractivity contribution in [2.24, 2.45) is 11.3 Å². The molecule has 0 bridgehead atoms. The summed E-state index contributed by atoms with van der Waals surface area (Å²) in [4.78, 5) is 88.3. The van der Waals surface area contributed by atoms with Crippen LogP contribution in [-0.2, 0) is 50.7 Å². The monoisotopic (exact) mass is 1020 g/mol. The van der Waals surface area contributed by atoms with E-state index in [1.54, 1.807) is 0 Å². The molecule has 24 nitrogen and oxygen atoms in total. The first-order chi connectivity index (χ1) is 30.9. The summed E-state index contributed by atoms with van der Waals surface area (Å²) in [6.45, 7) is 5.14. The molecule has 2 aromatic rings. The fourth-order valence-electron chi connectivity index (χ4n) is 6.75. The van der Waals surface area contributed by atoms with Crippen molar-refractivity contribution >= 4 is 69.1 Å². The van der Waals surface area contributed by atoms with Gasteiger partial charge in [0.15, 0.2) is 22.8 Å². The smallest absolute Gasteiger partial charge is 0.386 e. The quantitative estimate of drug-likeness (QED) is 0.0353. The molecular weight excluding hydrogens is 951 g/mol. The van der Waals surface area contributed by atoms with Gasteiger partial charge < -0.3 is 50.9 Å². The third-order valence-electron chi connectivity index (χ3n) is 10.8. The lowest BCUT2D eigenvalue weighted by molar-refractivity contribution is -0.137. The number of amides is 2. The summed E-state index contributed by atoms with van der Waals surface area (Å²) in [7, 11) is -16.4. The summed E-state index contributed by atoms with van der Waals surface area (Å²) in [5.41, 5.74) is 4.29. The van der Waals surface area contributed by atoms with Crippen LogP contribution in [0, 0.1) is 11.3 Å². The summed E-state index contributed by atoms with van der Waals surface area (Å²) < 4.78 is 62.4. The molecule has 3 heterocycles. The standard InChI is InChI=1S/C38H68N7O17P3S/c1-5-26(2)16-14-12-10-8-6-7-9-11-13-15-17-29(47)66-21-20-40-28(46)18-19-41-36(50)33(49)38(3,4)23-59-65(56,57)62-64(54,55)58-22-27-32(61-63(51,52)53)31(48)37(60-27)45-25-44-30-34(39)42-24-43-35(30)45/h24-27,31-33,37,48-49H,5-23H2,1-4H3,(H,40,46)(H,41,50)(H,54,55)(H,56,57)(H2,39,42,43)(H2,51,52,53). The first-order valence-electron chi connectivity index (χ1n) is 22.0. The van der Waals surface area contributed by atoms with Crippen molar-refractivity contribution < 1.29 is 80.5 Å². The number of fused-ring (bicyclic) bond motifs is 1. The van der Waals surface area contributed by atoms with Crippen LogP contribution in [0.5, 0.6) is 0 Å². The van der Waals surface area contributed by atoms with Crippen LogP contribution in [0.1, 0.15) is 124 Å². The minimum atomic E-state index is -5.57. The largest absolute Gasteiger partial charge is 0.481 e. The predicted molar refractivity (Wildman–Crippen MR) is 242 cm³/mol. The Bertz CT molecular complexity index is 2000. The molecule has 0 aliphatic carbocycles. The minimum absolute atomic E-state index is 0.0337. The van der Waals surface area contributed by atoms with E-state index in [4.69, 9.17) is 19.5 Å². The third-order valence-corrected chi connectivity index (χ3v) is 14.8. The minimum Gasteiger partial charge on any atom is -0.386 e. The van der Waals surface area contributed by atoms with Gasteiger partial charge in [0.05, 0.1) is 19.5 Å². The molecule has 1 saturated heterocycles. The molecule has 8 unspecified atom stereocenters. The molecule has 0 aromatic carbocycles. The van der Waals surface area contributed by atoms with Crippen molar-refractivity contribution in [3.8, 4) is 0 Å². The number of nitrogens with zero attached hydrogens (tertiary/aromatic N) is 4. The number of phosphoric ester groups is 3. The molecule has 1 aliphatic rings. The Morgan fingerprint density at radius 1 is 0.909 bits per heavy atom. The molecule has 2 aromatic heterocycles. The van der Waals surface area contributed by atoms with E-state index in [2.05, 4.69) is 48.3 Å². The van der Waals surface area contributed by atoms with Gasteiger partial charge in [-0.15, -0.1) is 0 Å². The van der Waals surface area contributed by atoms with Gasteiger partial charge in [0, 0.05) is 37.1 Å². The van der Waals surface area contributed by atoms with E-state index in [1.165, 1.54) is 71.6 Å². The number of aromatic nitrogens is 4. The number of nitrogens with two attached hydrogens (primary N) is 1. The number of hydrogen-bond acceptors (Lipinski definition) is 18. The third kappa shape index (κ3) is 20.7. The second kappa shape index (κ2) is 27.7. The Kier molecular flexibility index (Phi) is 24.3. The highest BCUT2D eigenvalue weighted by molar-refractivity contribution is 8.13. The Balaban J connectivity index is 1.31. The molecule has 66 heavy (non-hydrogen) atoms. The Hall–Kier alpha value is -2.44. The maximum absolute atomic E-state index is 12.7. The van der Waals surface area contributed by atoms with Crippen LogP contribution in [0.3, 0.4) is 0 Å². The Morgan fingerprint density at radius 2 is 1.53 bits per heavy atom. The molecule has 378 valence electrons. The maximum atomic E-state index is 12.7. The second-order valence-electron chi connectivity index (χ2n) is 16.9. The summed E-state index contributed by atoms with van der Waals surface area (Å²) in [5.74, 6) is -0.191. The number of nitrogens with one attached hydrogen (secondary N) is 2. The molecule has 0 spiro atoms. The normalized spacial score (nSPS) is 20.7. The van der Waals surface area contributed by atoms with Gasteiger partial charge in [-0.3, -0.25) is 32.5 Å². The summed E-state index contributed by atoms with van der Waals surface area (Å²) in [5, 5.41) is 26.7. The predicted octanol–water partition coefficient (Wildman–Crippen LogP) is 4.39. The van der Waals surface area contributed by atoms with Crippen LogP contribution in [0.15, 0.2) is 12.7 Å². The van der Waals surface area contributed by atoms with Crippen LogP contribution in [0.2, 0.25) is 0 Å². The van der Waals surface area contributed by atoms with Crippen LogP contribution >= 0.6 is 35.2 Å². The number of carbonyl (C=O) groups is 3. The van der Waals surface area contributed by atoms with Crippen molar-refractivity contribution in [1.82, 2.24) is 30.2 Å². The number of anilines is 1. The molecule has 3 rings (SSSR count). The molecule has 1 aliphatic heterocycles. The van der Waals surface area contributed by atoms with Gasteiger partial charge in [-0.25, -0.2) is 28.6 Å². The Morgan fingerprint density at radius 3 is 2.17 bits per heavy atom. The number of phosphoric acid groups is 3. The fraction of sp³-hybridized carbons (Fsp3) is 0.789. The average molecular weight is 1020 g/mol. The number of thioether (sulfide) groups is 1. The van der Waals surface area contributed by atoms with Gasteiger partial charge in [-0.1, -0.05) is 110 Å². The number of imidazole rings is 1. The molecular formula is C38H68N7O17P3S. The maximum Gasteiger partial charge on any atom is 0.481 e. The number of aliphatic hydroxyl groups excluding tert-OH is 2. The van der Waals surface area contributed by atoms with Crippen LogP contribution in [-0.4, -0.2) is 123 Å². The highest BCUT2D eigenvalue weighted by Gasteiger charge is 2.50. The number of carbonyl (C=O) groups excluding carboxylic acids is 3. The van der Waals surface area contributed by atoms with E-state index >= 15 is 0 Å². The van der Waals surface area contributed by atoms with E-state index < -0.39 is 84.6 Å². The zero-order valence-electron chi connectivity index (χ0n) is 37.8. The van der Waals surface area contributed by atoms with Gasteiger partial charge in [-0.05, 0) is 12.3 Å². The molecule has 0 radical (unpaired) electrons. The Labute approximate surface area is 388 Å². The van der Waals surface area contributed by atoms with Crippen LogP contribution < -0.4 is 16.4 Å². The van der Waals surface area contributed by atoms with Crippen molar-refractivity contribution in [3.63, 3.8) is 0 Å². The first kappa shape index (κ1) is 57.9. The zero-order chi connectivity index (χ0) is 49.1. The molecule has 2 amide bonds. The van der Waals surface area contributed by atoms with E-state index in [1.807, 2.05) is 0 Å². The van der Waals surface area contributed by atoms with Crippen LogP contribution in [0.25, 0.3) is 11.2 Å². The molecule has 8 atom stereocenters. The van der Waals surface area contributed by atoms with Gasteiger partial charge in [0.2, 0.25) is 11.8 Å². The lowest BCUT2D eigenvalue weighted by atomic mass is 9.87. The first-order valence-corrected chi connectivity index (χ1v) is 27.5. The summed E-state index contributed by atoms with van der Waals surface area (Å²) in [6, 6.07) is 0. The SMILES string of the molecule is CCC(C)CCCCCCCCCCCCC(=O)SCCNC(=O)CCNC(=O)C(O)C(C)(C)COP(=O)(O)OP(=O)(O)OCC1OC(n2cnc3c(N)ncnc32)C(O)C1OP(=O)(O)O. The number of unbranched alkanes of at least 4 members (excludes halogenated alkanes) is 9. The topological polar surface area (TPSA) is 364 Å². The number of hydrogen-bond donors (Lipinski definition) is 9. The number of rotatable bonds is 33. The van der Waals surface area contributed by atoms with Crippen molar-refractivity contribution in [2.45, 2.75) is 148 Å².